The van der Waals surface area contributed by atoms with Crippen LogP contribution in [0.3, 0.4) is 0 Å². The van der Waals surface area contributed by atoms with Crippen LogP contribution in [0.15, 0.2) is 129 Å². The van der Waals surface area contributed by atoms with Gasteiger partial charge in [0, 0.05) is 24.1 Å². The van der Waals surface area contributed by atoms with Gasteiger partial charge in [0.2, 0.25) is 0 Å². The lowest BCUT2D eigenvalue weighted by atomic mass is 9.85. The zero-order chi connectivity index (χ0) is 25.8. The molecule has 0 saturated heterocycles. The summed E-state index contributed by atoms with van der Waals surface area (Å²) < 4.78 is 0. The van der Waals surface area contributed by atoms with Gasteiger partial charge in [-0.05, 0) is 16.7 Å². The highest BCUT2D eigenvalue weighted by molar-refractivity contribution is 5.79. The third kappa shape index (κ3) is 13.6. The maximum absolute atomic E-state index is 9.25. The standard InChI is InChI=1S/C19H16.3C3H4O2/c1-4-10-16(11-5-1)19(17-12-6-2-7-13-17)18-14-8-3-9-15-18;3*1-2-3(4)5/h1-15,19H;3*2H,1H2,(H,4,5). The van der Waals surface area contributed by atoms with Gasteiger partial charge in [-0.25, -0.2) is 14.4 Å². The van der Waals surface area contributed by atoms with Crippen LogP contribution < -0.4 is 0 Å². The largest absolute Gasteiger partial charge is 0.478 e. The minimum atomic E-state index is -0.981. The molecule has 0 aliphatic heterocycles. The molecule has 0 aliphatic rings. The Morgan fingerprint density at radius 2 is 0.676 bits per heavy atom. The molecule has 0 spiro atoms. The maximum Gasteiger partial charge on any atom is 0.327 e. The summed E-state index contributed by atoms with van der Waals surface area (Å²) >= 11 is 0. The van der Waals surface area contributed by atoms with Gasteiger partial charge in [-0.15, -0.1) is 0 Å². The SMILES string of the molecule is C=CC(=O)O.C=CC(=O)O.C=CC(=O)O.c1ccc(C(c2ccccc2)c2ccccc2)cc1. The zero-order valence-corrected chi connectivity index (χ0v) is 18.7. The van der Waals surface area contributed by atoms with E-state index in [2.05, 4.69) is 111 Å². The third-order valence-corrected chi connectivity index (χ3v) is 3.92. The summed E-state index contributed by atoms with van der Waals surface area (Å²) in [6.07, 6.45) is 2.50. The molecule has 3 aromatic rings. The number of hydrogen-bond acceptors (Lipinski definition) is 3. The van der Waals surface area contributed by atoms with Gasteiger partial charge in [0.1, 0.15) is 0 Å². The van der Waals surface area contributed by atoms with E-state index in [-0.39, 0.29) is 0 Å². The first-order valence-electron chi connectivity index (χ1n) is 9.97. The molecule has 3 N–H and O–H groups in total. The van der Waals surface area contributed by atoms with Crippen LogP contribution in [0.4, 0.5) is 0 Å². The molecule has 0 atom stereocenters. The number of benzene rings is 3. The molecule has 3 rings (SSSR count). The maximum atomic E-state index is 9.25. The van der Waals surface area contributed by atoms with Crippen molar-refractivity contribution in [2.75, 3.05) is 0 Å². The normalized spacial score (nSPS) is 8.74. The van der Waals surface area contributed by atoms with Crippen molar-refractivity contribution < 1.29 is 29.7 Å². The molecule has 0 saturated carbocycles. The van der Waals surface area contributed by atoms with E-state index in [4.69, 9.17) is 15.3 Å². The first-order chi connectivity index (χ1) is 16.3. The highest BCUT2D eigenvalue weighted by Gasteiger charge is 2.15. The fourth-order valence-corrected chi connectivity index (χ4v) is 2.51. The highest BCUT2D eigenvalue weighted by Crippen LogP contribution is 2.31. The predicted molar refractivity (Wildman–Crippen MR) is 134 cm³/mol. The van der Waals surface area contributed by atoms with Crippen molar-refractivity contribution in [3.8, 4) is 0 Å². The lowest BCUT2D eigenvalue weighted by Crippen LogP contribution is -2.02. The number of carboxylic acids is 3. The monoisotopic (exact) mass is 460 g/mol. The van der Waals surface area contributed by atoms with E-state index in [1.54, 1.807) is 0 Å². The Kier molecular flexibility index (Phi) is 15.4. The van der Waals surface area contributed by atoms with Crippen LogP contribution in [0.2, 0.25) is 0 Å². The topological polar surface area (TPSA) is 112 Å². The summed E-state index contributed by atoms with van der Waals surface area (Å²) in [7, 11) is 0. The molecule has 0 unspecified atom stereocenters. The summed E-state index contributed by atoms with van der Waals surface area (Å²) in [6.45, 7) is 8.88. The number of aliphatic carboxylic acids is 3. The molecular weight excluding hydrogens is 432 g/mol. The summed E-state index contributed by atoms with van der Waals surface area (Å²) in [5, 5.41) is 22.8. The lowest BCUT2D eigenvalue weighted by molar-refractivity contribution is -0.132. The van der Waals surface area contributed by atoms with Gasteiger partial charge in [0.25, 0.3) is 0 Å². The Morgan fingerprint density at radius 1 is 0.500 bits per heavy atom. The fraction of sp³-hybridized carbons (Fsp3) is 0.0357. The van der Waals surface area contributed by atoms with Crippen molar-refractivity contribution in [2.45, 2.75) is 5.92 Å². The van der Waals surface area contributed by atoms with E-state index in [0.717, 1.165) is 18.2 Å². The van der Waals surface area contributed by atoms with Crippen molar-refractivity contribution in [2.24, 2.45) is 0 Å². The Balaban J connectivity index is 0.000000599. The average Bonchev–Trinajstić information content (AvgIpc) is 2.87. The van der Waals surface area contributed by atoms with Crippen LogP contribution in [-0.4, -0.2) is 33.2 Å². The molecule has 0 aromatic heterocycles. The second kappa shape index (κ2) is 17.9. The van der Waals surface area contributed by atoms with Gasteiger partial charge < -0.3 is 15.3 Å². The van der Waals surface area contributed by atoms with Crippen LogP contribution in [0, 0.1) is 0 Å². The summed E-state index contributed by atoms with van der Waals surface area (Å²) in [4.78, 5) is 27.8. The minimum Gasteiger partial charge on any atom is -0.478 e. The molecular formula is C28H28O6. The zero-order valence-electron chi connectivity index (χ0n) is 18.7. The van der Waals surface area contributed by atoms with Gasteiger partial charge in [-0.1, -0.05) is 111 Å². The van der Waals surface area contributed by atoms with Crippen molar-refractivity contribution >= 4 is 17.9 Å². The van der Waals surface area contributed by atoms with Crippen LogP contribution >= 0.6 is 0 Å². The van der Waals surface area contributed by atoms with E-state index >= 15 is 0 Å². The summed E-state index contributed by atoms with van der Waals surface area (Å²) in [5.74, 6) is -2.64. The lowest BCUT2D eigenvalue weighted by Gasteiger charge is -2.18. The molecule has 0 heterocycles. The number of carbonyl (C=O) groups is 3. The first-order valence-corrected chi connectivity index (χ1v) is 9.97. The number of hydrogen-bond donors (Lipinski definition) is 3. The van der Waals surface area contributed by atoms with Gasteiger partial charge in [0.15, 0.2) is 0 Å². The van der Waals surface area contributed by atoms with Crippen molar-refractivity contribution in [3.63, 3.8) is 0 Å². The van der Waals surface area contributed by atoms with Gasteiger partial charge in [-0.3, -0.25) is 0 Å². The smallest absolute Gasteiger partial charge is 0.327 e. The molecule has 0 aliphatic carbocycles. The highest BCUT2D eigenvalue weighted by atomic mass is 16.4. The minimum absolute atomic E-state index is 0.309. The van der Waals surface area contributed by atoms with Crippen LogP contribution in [0.5, 0.6) is 0 Å². The molecule has 6 nitrogen and oxygen atoms in total. The molecule has 0 amide bonds. The van der Waals surface area contributed by atoms with E-state index in [0.29, 0.717) is 5.92 Å². The molecule has 3 aromatic carbocycles. The molecule has 34 heavy (non-hydrogen) atoms. The van der Waals surface area contributed by atoms with Gasteiger partial charge >= 0.3 is 17.9 Å². The third-order valence-electron chi connectivity index (χ3n) is 3.92. The average molecular weight is 461 g/mol. The second-order valence-electron chi connectivity index (χ2n) is 6.29. The van der Waals surface area contributed by atoms with E-state index in [9.17, 15) is 14.4 Å². The van der Waals surface area contributed by atoms with Gasteiger partial charge in [0.05, 0.1) is 0 Å². The molecule has 6 heteroatoms. The van der Waals surface area contributed by atoms with E-state index in [1.807, 2.05) is 0 Å². The fourth-order valence-electron chi connectivity index (χ4n) is 2.51. The number of rotatable bonds is 6. The van der Waals surface area contributed by atoms with Gasteiger partial charge in [-0.2, -0.15) is 0 Å². The Morgan fingerprint density at radius 3 is 0.824 bits per heavy atom. The molecule has 0 fully saturated rings. The Hall–Kier alpha value is -4.71. The number of carboxylic acid groups (broad SMARTS) is 3. The van der Waals surface area contributed by atoms with E-state index < -0.39 is 17.9 Å². The quantitative estimate of drug-likeness (QED) is 0.324. The van der Waals surface area contributed by atoms with Crippen LogP contribution in [0.1, 0.15) is 22.6 Å². The van der Waals surface area contributed by atoms with E-state index in [1.165, 1.54) is 16.7 Å². The second-order valence-corrected chi connectivity index (χ2v) is 6.29. The first kappa shape index (κ1) is 29.3. The van der Waals surface area contributed by atoms with Crippen molar-refractivity contribution in [3.05, 3.63) is 146 Å². The molecule has 0 radical (unpaired) electrons. The molecule has 176 valence electrons. The predicted octanol–water partition coefficient (Wildman–Crippen LogP) is 5.64. The van der Waals surface area contributed by atoms with Crippen LogP contribution in [-0.2, 0) is 14.4 Å². The van der Waals surface area contributed by atoms with Crippen molar-refractivity contribution in [1.29, 1.82) is 0 Å². The molecule has 0 bridgehead atoms. The van der Waals surface area contributed by atoms with Crippen LogP contribution in [0.25, 0.3) is 0 Å². The Bertz CT molecular complexity index is 892. The Labute approximate surface area is 199 Å². The van der Waals surface area contributed by atoms with Crippen molar-refractivity contribution in [1.82, 2.24) is 0 Å². The summed E-state index contributed by atoms with van der Waals surface area (Å²) in [5.41, 5.74) is 4.00. The summed E-state index contributed by atoms with van der Waals surface area (Å²) in [6, 6.07) is 32.0.